The van der Waals surface area contributed by atoms with E-state index in [2.05, 4.69) is 55.7 Å². The van der Waals surface area contributed by atoms with Crippen molar-refractivity contribution in [3.8, 4) is 12.1 Å². The molecule has 3 saturated heterocycles. The Labute approximate surface area is 354 Å². The summed E-state index contributed by atoms with van der Waals surface area (Å²) in [6, 6.07) is 17.3. The molecular formula is C42H45ClN12O4S. The van der Waals surface area contributed by atoms with Gasteiger partial charge in [-0.2, -0.15) is 20.6 Å². The number of likely N-dealkylation sites (tertiary alicyclic amines) is 1. The van der Waals surface area contributed by atoms with Crippen LogP contribution in [0.15, 0.2) is 58.4 Å². The van der Waals surface area contributed by atoms with Gasteiger partial charge in [-0.1, -0.05) is 24.6 Å². The molecule has 0 radical (unpaired) electrons. The van der Waals surface area contributed by atoms with Gasteiger partial charge in [0.25, 0.3) is 5.56 Å². The molecular weight excluding hydrogens is 804 g/mol. The number of nitrogens with zero attached hydrogens (tertiary/aromatic N) is 10. The summed E-state index contributed by atoms with van der Waals surface area (Å²) in [6.45, 7) is 6.28. The zero-order chi connectivity index (χ0) is 42.1. The number of piperidine rings is 2. The molecule has 3 aliphatic rings. The third-order valence-corrected chi connectivity index (χ3v) is 13.6. The zero-order valence-electron chi connectivity index (χ0n) is 33.4. The predicted molar refractivity (Wildman–Crippen MR) is 228 cm³/mol. The quantitative estimate of drug-likeness (QED) is 0.185. The Balaban J connectivity index is 0.844. The lowest BCUT2D eigenvalue weighted by Gasteiger charge is -2.34. The number of carbonyl (C=O) groups is 2. The number of anilines is 2. The van der Waals surface area contributed by atoms with Crippen molar-refractivity contribution in [2.45, 2.75) is 68.8 Å². The molecule has 3 aromatic heterocycles. The van der Waals surface area contributed by atoms with Gasteiger partial charge in [0.2, 0.25) is 11.9 Å². The zero-order valence-corrected chi connectivity index (χ0v) is 35.0. The highest BCUT2D eigenvalue weighted by atomic mass is 35.5. The SMILES string of the molecule is CC(Cc1cc(S(=O)N2CCC(Nc3ncc4cc(Cl)c(=O)n(CC#N)c4n3)CC2)ccc1C#N)CN1CCC(c2ccc3c(N4CCC(=O)NC4=O)nn(C)c3c2)CC1. The van der Waals surface area contributed by atoms with Crippen LogP contribution in [0.1, 0.15) is 61.6 Å². The number of imide groups is 1. The van der Waals surface area contributed by atoms with Crippen LogP contribution in [0.2, 0.25) is 5.02 Å². The first-order valence-electron chi connectivity index (χ1n) is 20.2. The second-order valence-electron chi connectivity index (χ2n) is 15.9. The van der Waals surface area contributed by atoms with E-state index in [0.29, 0.717) is 78.1 Å². The number of carbonyl (C=O) groups excluding carboxylic acids is 2. The molecule has 310 valence electrons. The second kappa shape index (κ2) is 17.5. The highest BCUT2D eigenvalue weighted by Crippen LogP contribution is 2.34. The summed E-state index contributed by atoms with van der Waals surface area (Å²) in [5.74, 6) is 1.31. The number of aromatic nitrogens is 5. The molecule has 0 spiro atoms. The van der Waals surface area contributed by atoms with Crippen molar-refractivity contribution in [3.05, 3.63) is 80.7 Å². The number of fused-ring (bicyclic) bond motifs is 2. The summed E-state index contributed by atoms with van der Waals surface area (Å²) in [7, 11) is 0.476. The van der Waals surface area contributed by atoms with Gasteiger partial charge in [-0.3, -0.25) is 29.1 Å². The first-order valence-corrected chi connectivity index (χ1v) is 21.7. The summed E-state index contributed by atoms with van der Waals surface area (Å²) < 4.78 is 18.8. The largest absolute Gasteiger partial charge is 0.351 e. The molecule has 2 unspecified atom stereocenters. The number of pyridine rings is 1. The number of rotatable bonds is 11. The number of nitrogens with one attached hydrogen (secondary N) is 2. The highest BCUT2D eigenvalue weighted by Gasteiger charge is 2.30. The Morgan fingerprint density at radius 3 is 2.53 bits per heavy atom. The topological polar surface area (TPSA) is 198 Å². The molecule has 3 fully saturated rings. The fourth-order valence-corrected chi connectivity index (χ4v) is 10.2. The van der Waals surface area contributed by atoms with Crippen LogP contribution in [0.4, 0.5) is 16.6 Å². The Bertz CT molecular complexity index is 2650. The van der Waals surface area contributed by atoms with Crippen LogP contribution in [0.3, 0.4) is 0 Å². The lowest BCUT2D eigenvalue weighted by molar-refractivity contribution is -0.120. The standard InChI is InChI=1S/C42H45ClN12O4S/c1-26(25-52-13-7-27(8-14-52)28-4-6-34-36(22-28)51(2)50-39(34)55-17-11-37(56)48-42(55)58)19-30-20-33(5-3-29(30)23-45)60(59)53-15-9-32(10-16-53)47-41-46-24-31-21-35(43)40(57)54(18-12-44)38(31)49-41/h3-6,20-22,24,26-27,32H,7-11,13-19,25H2,1-2H3,(H,46,47,49)(H,48,56,58). The number of benzene rings is 2. The van der Waals surface area contributed by atoms with Gasteiger partial charge in [0.1, 0.15) is 28.2 Å². The van der Waals surface area contributed by atoms with E-state index in [4.69, 9.17) is 11.6 Å². The Kier molecular flexibility index (Phi) is 12.0. The smallest absolute Gasteiger partial charge is 0.329 e. The maximum Gasteiger partial charge on any atom is 0.329 e. The fraction of sp³-hybridized carbons (Fsp3) is 0.429. The van der Waals surface area contributed by atoms with Crippen LogP contribution >= 0.6 is 11.6 Å². The highest BCUT2D eigenvalue weighted by molar-refractivity contribution is 7.82. The summed E-state index contributed by atoms with van der Waals surface area (Å²) >= 11 is 6.07. The normalized spacial score (nSPS) is 18.3. The molecule has 8 rings (SSSR count). The average molecular weight is 849 g/mol. The predicted octanol–water partition coefficient (Wildman–Crippen LogP) is 4.83. The van der Waals surface area contributed by atoms with Crippen LogP contribution in [0.5, 0.6) is 0 Å². The average Bonchev–Trinajstić information content (AvgIpc) is 3.57. The summed E-state index contributed by atoms with van der Waals surface area (Å²) in [6.07, 6.45) is 5.93. The molecule has 0 bridgehead atoms. The first-order chi connectivity index (χ1) is 29.0. The van der Waals surface area contributed by atoms with Crippen molar-refractivity contribution in [3.63, 3.8) is 0 Å². The van der Waals surface area contributed by atoms with Gasteiger partial charge in [-0.25, -0.2) is 18.3 Å². The second-order valence-corrected chi connectivity index (χ2v) is 17.8. The molecule has 18 heteroatoms. The van der Waals surface area contributed by atoms with E-state index in [9.17, 15) is 29.1 Å². The number of hydrogen-bond donors (Lipinski definition) is 2. The fourth-order valence-electron chi connectivity index (χ4n) is 8.67. The van der Waals surface area contributed by atoms with Crippen molar-refractivity contribution >= 4 is 68.2 Å². The van der Waals surface area contributed by atoms with Gasteiger partial charge >= 0.3 is 6.03 Å². The number of nitriles is 2. The molecule has 2 aromatic carbocycles. The van der Waals surface area contributed by atoms with Gasteiger partial charge in [0.05, 0.1) is 28.1 Å². The summed E-state index contributed by atoms with van der Waals surface area (Å²) in [5.41, 5.74) is 3.56. The van der Waals surface area contributed by atoms with Crippen LogP contribution in [-0.4, -0.2) is 95.0 Å². The van der Waals surface area contributed by atoms with E-state index in [1.807, 2.05) is 29.6 Å². The summed E-state index contributed by atoms with van der Waals surface area (Å²) in [5, 5.41) is 31.0. The van der Waals surface area contributed by atoms with E-state index in [1.165, 1.54) is 21.1 Å². The van der Waals surface area contributed by atoms with Gasteiger partial charge in [-0.05, 0) is 105 Å². The third kappa shape index (κ3) is 8.49. The van der Waals surface area contributed by atoms with Crippen molar-refractivity contribution in [1.82, 2.24) is 38.8 Å². The molecule has 16 nitrogen and oxygen atoms in total. The van der Waals surface area contributed by atoms with E-state index in [0.717, 1.165) is 48.9 Å². The Morgan fingerprint density at radius 1 is 1.02 bits per heavy atom. The van der Waals surface area contributed by atoms with E-state index < -0.39 is 22.6 Å². The lowest BCUT2D eigenvalue weighted by atomic mass is 9.88. The Hall–Kier alpha value is -5.72. The molecule has 60 heavy (non-hydrogen) atoms. The monoisotopic (exact) mass is 848 g/mol. The number of amides is 3. The van der Waals surface area contributed by atoms with E-state index in [1.54, 1.807) is 23.0 Å². The Morgan fingerprint density at radius 2 is 1.80 bits per heavy atom. The first kappa shape index (κ1) is 41.0. The molecule has 0 saturated carbocycles. The number of hydrogen-bond acceptors (Lipinski definition) is 11. The minimum absolute atomic E-state index is 0.00116. The van der Waals surface area contributed by atoms with Crippen molar-refractivity contribution in [2.24, 2.45) is 13.0 Å². The maximum absolute atomic E-state index is 13.9. The minimum Gasteiger partial charge on any atom is -0.351 e. The number of halogens is 1. The summed E-state index contributed by atoms with van der Waals surface area (Å²) in [4.78, 5) is 50.4. The minimum atomic E-state index is -1.40. The molecule has 3 amide bonds. The maximum atomic E-state index is 13.9. The van der Waals surface area contributed by atoms with Gasteiger partial charge in [0, 0.05) is 62.7 Å². The number of urea groups is 1. The van der Waals surface area contributed by atoms with E-state index in [-0.39, 0.29) is 35.9 Å². The van der Waals surface area contributed by atoms with Crippen molar-refractivity contribution < 1.29 is 13.8 Å². The molecule has 2 N–H and O–H groups in total. The molecule has 3 aliphatic heterocycles. The molecule has 6 heterocycles. The van der Waals surface area contributed by atoms with Crippen molar-refractivity contribution in [2.75, 3.05) is 49.5 Å². The molecule has 5 aromatic rings. The third-order valence-electron chi connectivity index (χ3n) is 11.8. The van der Waals surface area contributed by atoms with Crippen LogP contribution in [0, 0.1) is 28.6 Å². The van der Waals surface area contributed by atoms with Crippen molar-refractivity contribution in [1.29, 1.82) is 10.5 Å². The molecule has 2 atom stereocenters. The van der Waals surface area contributed by atoms with Crippen LogP contribution in [-0.2, 0) is 35.8 Å². The van der Waals surface area contributed by atoms with Gasteiger partial charge < -0.3 is 10.2 Å². The molecule has 0 aliphatic carbocycles. The lowest BCUT2D eigenvalue weighted by Crippen LogP contribution is -2.49. The van der Waals surface area contributed by atoms with Crippen LogP contribution < -0.4 is 21.1 Å². The number of aryl methyl sites for hydroxylation is 1. The van der Waals surface area contributed by atoms with Gasteiger partial charge in [0.15, 0.2) is 5.82 Å². The van der Waals surface area contributed by atoms with Gasteiger partial charge in [-0.15, -0.1) is 0 Å². The van der Waals surface area contributed by atoms with E-state index >= 15 is 0 Å². The van der Waals surface area contributed by atoms with Crippen LogP contribution in [0.25, 0.3) is 21.9 Å².